The topological polar surface area (TPSA) is 53.2 Å². The van der Waals surface area contributed by atoms with E-state index >= 15 is 0 Å². The number of nitrogens with zero attached hydrogens (tertiary/aromatic N) is 1. The number of aliphatic hydroxyl groups is 1. The fourth-order valence-corrected chi connectivity index (χ4v) is 9.66. The van der Waals surface area contributed by atoms with E-state index in [4.69, 9.17) is 4.74 Å². The molecule has 0 bridgehead atoms. The van der Waals surface area contributed by atoms with Crippen LogP contribution in [0.5, 0.6) is 0 Å². The van der Waals surface area contributed by atoms with Crippen LogP contribution >= 0.6 is 0 Å². The minimum atomic E-state index is -0.583. The summed E-state index contributed by atoms with van der Waals surface area (Å²) < 4.78 is 5.66. The Bertz CT molecular complexity index is 907. The van der Waals surface area contributed by atoms with Crippen LogP contribution in [0.1, 0.15) is 89.7 Å². The minimum absolute atomic E-state index is 0.458. The Kier molecular flexibility index (Phi) is 6.86. The summed E-state index contributed by atoms with van der Waals surface area (Å²) in [5, 5.41) is 20.7. The molecule has 34 heavy (non-hydrogen) atoms. The van der Waals surface area contributed by atoms with Crippen LogP contribution in [-0.2, 0) is 11.2 Å². The van der Waals surface area contributed by atoms with E-state index in [0.717, 1.165) is 54.4 Å². The molecule has 186 valence electrons. The van der Waals surface area contributed by atoms with Crippen molar-refractivity contribution in [2.75, 3.05) is 13.2 Å². The van der Waals surface area contributed by atoms with E-state index in [2.05, 4.69) is 32.0 Å². The Morgan fingerprint density at radius 2 is 1.85 bits per heavy atom. The molecule has 5 rings (SSSR count). The van der Waals surface area contributed by atoms with Crippen molar-refractivity contribution in [1.82, 2.24) is 0 Å². The standard InChI is InChI=1S/C31H45NO2/c1-4-34-20-31(33)16-14-25-23(18-31)9-10-27-26(25)13-15-30(3)28(11-12-29(27)30)21(2)17-22-7-5-6-8-24(22)19-32/h5-8,21,23,25-29,33H,4,9-18,20H2,1-3H3/t21-,23-,25+,26-,27-,28-,29+,30-,31-/m1/s1. The lowest BCUT2D eigenvalue weighted by atomic mass is 9.48. The first-order valence-corrected chi connectivity index (χ1v) is 14.2. The van der Waals surface area contributed by atoms with Crippen molar-refractivity contribution < 1.29 is 9.84 Å². The van der Waals surface area contributed by atoms with Crippen molar-refractivity contribution in [2.24, 2.45) is 46.8 Å². The summed E-state index contributed by atoms with van der Waals surface area (Å²) in [5.74, 6) is 5.55. The van der Waals surface area contributed by atoms with Crippen LogP contribution in [0.4, 0.5) is 0 Å². The van der Waals surface area contributed by atoms with Crippen molar-refractivity contribution in [1.29, 1.82) is 5.26 Å². The lowest BCUT2D eigenvalue weighted by molar-refractivity contribution is -0.129. The molecule has 0 spiro atoms. The van der Waals surface area contributed by atoms with Gasteiger partial charge < -0.3 is 9.84 Å². The van der Waals surface area contributed by atoms with Gasteiger partial charge in [-0.05, 0) is 130 Å². The Morgan fingerprint density at radius 1 is 1.06 bits per heavy atom. The van der Waals surface area contributed by atoms with E-state index in [1.54, 1.807) is 0 Å². The molecule has 3 heteroatoms. The van der Waals surface area contributed by atoms with Gasteiger partial charge in [-0.15, -0.1) is 0 Å². The van der Waals surface area contributed by atoms with Crippen molar-refractivity contribution in [3.05, 3.63) is 35.4 Å². The van der Waals surface area contributed by atoms with E-state index in [1.807, 2.05) is 19.1 Å². The summed E-state index contributed by atoms with van der Waals surface area (Å²) in [6.45, 7) is 8.33. The number of nitriles is 1. The third-order valence-electron chi connectivity index (χ3n) is 11.1. The Morgan fingerprint density at radius 3 is 2.65 bits per heavy atom. The lowest BCUT2D eigenvalue weighted by Gasteiger charge is -2.57. The van der Waals surface area contributed by atoms with Gasteiger partial charge in [0.2, 0.25) is 0 Å². The SMILES string of the molecule is CCOC[C@@]1(O)CC[C@H]2[C@H](CC[C@@H]3[C@@H]2CC[C@]2(C)[C@@H]([C@H](C)Cc4ccccc4C#N)CC[C@@H]32)C1. The van der Waals surface area contributed by atoms with Crippen molar-refractivity contribution >= 4 is 0 Å². The molecule has 0 aromatic heterocycles. The van der Waals surface area contributed by atoms with Gasteiger partial charge >= 0.3 is 0 Å². The molecule has 4 aliphatic carbocycles. The second-order valence-electron chi connectivity index (χ2n) is 12.7. The molecular weight excluding hydrogens is 418 g/mol. The summed E-state index contributed by atoms with van der Waals surface area (Å²) in [4.78, 5) is 0. The molecule has 0 unspecified atom stereocenters. The molecule has 0 radical (unpaired) electrons. The quantitative estimate of drug-likeness (QED) is 0.506. The molecule has 0 aliphatic heterocycles. The Balaban J connectivity index is 1.27. The number of fused-ring (bicyclic) bond motifs is 5. The normalized spacial score (nSPS) is 42.2. The van der Waals surface area contributed by atoms with E-state index in [1.165, 1.54) is 50.5 Å². The predicted molar refractivity (Wildman–Crippen MR) is 136 cm³/mol. The van der Waals surface area contributed by atoms with Gasteiger partial charge in [0.1, 0.15) is 0 Å². The lowest BCUT2D eigenvalue weighted by Crippen LogP contribution is -2.52. The molecule has 9 atom stereocenters. The highest BCUT2D eigenvalue weighted by Gasteiger charge is 2.58. The highest BCUT2D eigenvalue weighted by atomic mass is 16.5. The molecule has 4 fully saturated rings. The maximum absolute atomic E-state index is 11.1. The van der Waals surface area contributed by atoms with Crippen LogP contribution in [0.2, 0.25) is 0 Å². The van der Waals surface area contributed by atoms with Crippen LogP contribution in [0, 0.1) is 58.2 Å². The van der Waals surface area contributed by atoms with Crippen LogP contribution in [0.25, 0.3) is 0 Å². The predicted octanol–water partition coefficient (Wildman–Crippen LogP) is 6.77. The molecule has 4 saturated carbocycles. The van der Waals surface area contributed by atoms with Gasteiger partial charge in [0.15, 0.2) is 0 Å². The van der Waals surface area contributed by atoms with Gasteiger partial charge in [0.05, 0.1) is 23.8 Å². The molecule has 4 aliphatic rings. The van der Waals surface area contributed by atoms with Crippen molar-refractivity contribution in [3.63, 3.8) is 0 Å². The van der Waals surface area contributed by atoms with Gasteiger partial charge in [-0.3, -0.25) is 0 Å². The van der Waals surface area contributed by atoms with E-state index in [-0.39, 0.29) is 0 Å². The van der Waals surface area contributed by atoms with E-state index in [0.29, 0.717) is 30.5 Å². The summed E-state index contributed by atoms with van der Waals surface area (Å²) in [5.41, 5.74) is 1.97. The third-order valence-corrected chi connectivity index (χ3v) is 11.1. The Labute approximate surface area is 207 Å². The summed E-state index contributed by atoms with van der Waals surface area (Å²) >= 11 is 0. The zero-order valence-electron chi connectivity index (χ0n) is 21.6. The van der Waals surface area contributed by atoms with E-state index in [9.17, 15) is 10.4 Å². The minimum Gasteiger partial charge on any atom is -0.387 e. The summed E-state index contributed by atoms with van der Waals surface area (Å²) in [7, 11) is 0. The Hall–Kier alpha value is -1.37. The van der Waals surface area contributed by atoms with Gasteiger partial charge in [-0.2, -0.15) is 5.26 Å². The molecule has 0 amide bonds. The number of hydrogen-bond donors (Lipinski definition) is 1. The van der Waals surface area contributed by atoms with Gasteiger partial charge in [0, 0.05) is 6.61 Å². The molecular formula is C31H45NO2. The van der Waals surface area contributed by atoms with Gasteiger partial charge in [-0.1, -0.05) is 32.0 Å². The van der Waals surface area contributed by atoms with Crippen molar-refractivity contribution in [3.8, 4) is 6.07 Å². The number of hydrogen-bond acceptors (Lipinski definition) is 3. The molecule has 1 N–H and O–H groups in total. The molecule has 1 aromatic carbocycles. The van der Waals surface area contributed by atoms with Gasteiger partial charge in [0.25, 0.3) is 0 Å². The highest BCUT2D eigenvalue weighted by molar-refractivity contribution is 5.37. The highest BCUT2D eigenvalue weighted by Crippen LogP contribution is 2.65. The van der Waals surface area contributed by atoms with Crippen LogP contribution in [-0.4, -0.2) is 23.9 Å². The van der Waals surface area contributed by atoms with Gasteiger partial charge in [-0.25, -0.2) is 0 Å². The van der Waals surface area contributed by atoms with Crippen LogP contribution in [0.3, 0.4) is 0 Å². The summed E-state index contributed by atoms with van der Waals surface area (Å²) in [6.07, 6.45) is 12.3. The van der Waals surface area contributed by atoms with E-state index < -0.39 is 5.60 Å². The zero-order chi connectivity index (χ0) is 23.9. The first kappa shape index (κ1) is 24.3. The molecule has 1 aromatic rings. The first-order valence-electron chi connectivity index (χ1n) is 14.2. The van der Waals surface area contributed by atoms with Crippen molar-refractivity contribution in [2.45, 2.75) is 90.6 Å². The second kappa shape index (κ2) is 9.59. The smallest absolute Gasteiger partial charge is 0.0994 e. The maximum atomic E-state index is 11.1. The number of rotatable bonds is 6. The number of benzene rings is 1. The van der Waals surface area contributed by atoms with Crippen LogP contribution < -0.4 is 0 Å². The molecule has 0 heterocycles. The number of ether oxygens (including phenoxy) is 1. The fraction of sp³-hybridized carbons (Fsp3) is 0.774. The summed E-state index contributed by atoms with van der Waals surface area (Å²) in [6, 6.07) is 10.6. The fourth-order valence-electron chi connectivity index (χ4n) is 9.66. The molecule has 3 nitrogen and oxygen atoms in total. The average molecular weight is 464 g/mol. The zero-order valence-corrected chi connectivity index (χ0v) is 21.6. The first-order chi connectivity index (χ1) is 16.4. The largest absolute Gasteiger partial charge is 0.387 e. The maximum Gasteiger partial charge on any atom is 0.0994 e. The van der Waals surface area contributed by atoms with Crippen LogP contribution in [0.15, 0.2) is 24.3 Å². The molecule has 0 saturated heterocycles. The third kappa shape index (κ3) is 4.24. The second-order valence-corrected chi connectivity index (χ2v) is 12.7. The average Bonchev–Trinajstić information content (AvgIpc) is 3.20. The monoisotopic (exact) mass is 463 g/mol.